The van der Waals surface area contributed by atoms with Gasteiger partial charge in [-0.15, -0.1) is 0 Å². The number of hydrogen-bond donors (Lipinski definition) is 2. The molecule has 1 atom stereocenters. The summed E-state index contributed by atoms with van der Waals surface area (Å²) in [5.74, 6) is 0.267. The van der Waals surface area contributed by atoms with Crippen molar-refractivity contribution in [2.24, 2.45) is 5.92 Å². The molecule has 0 spiro atoms. The molecule has 1 amide bonds. The Bertz CT molecular complexity index is 821. The SMILES string of the molecule is O=C(NC(c1cccnc1)C1CCOCC1)c1cc2ccccc2[nH]1. The van der Waals surface area contributed by atoms with Crippen LogP contribution in [0.5, 0.6) is 0 Å². The van der Waals surface area contributed by atoms with E-state index in [1.807, 2.05) is 48.7 Å². The molecule has 0 saturated carbocycles. The molecule has 1 aliphatic rings. The van der Waals surface area contributed by atoms with Crippen LogP contribution in [0.3, 0.4) is 0 Å². The number of nitrogens with zero attached hydrogens (tertiary/aromatic N) is 1. The van der Waals surface area contributed by atoms with Gasteiger partial charge in [0.1, 0.15) is 5.69 Å². The highest BCUT2D eigenvalue weighted by Gasteiger charge is 2.27. The molecule has 2 aromatic heterocycles. The van der Waals surface area contributed by atoms with Crippen molar-refractivity contribution < 1.29 is 9.53 Å². The van der Waals surface area contributed by atoms with Crippen LogP contribution < -0.4 is 5.32 Å². The second-order valence-electron chi connectivity index (χ2n) is 6.46. The van der Waals surface area contributed by atoms with Gasteiger partial charge in [0.2, 0.25) is 0 Å². The van der Waals surface area contributed by atoms with E-state index in [4.69, 9.17) is 4.74 Å². The van der Waals surface area contributed by atoms with Crippen molar-refractivity contribution in [2.45, 2.75) is 18.9 Å². The fraction of sp³-hybridized carbons (Fsp3) is 0.300. The number of pyridine rings is 1. The van der Waals surface area contributed by atoms with Gasteiger partial charge in [-0.3, -0.25) is 9.78 Å². The molecular weight excluding hydrogens is 314 g/mol. The van der Waals surface area contributed by atoms with Gasteiger partial charge in [-0.05, 0) is 42.5 Å². The number of H-pyrrole nitrogens is 1. The Morgan fingerprint density at radius 3 is 2.80 bits per heavy atom. The Labute approximate surface area is 146 Å². The topological polar surface area (TPSA) is 67.0 Å². The zero-order valence-electron chi connectivity index (χ0n) is 13.9. The van der Waals surface area contributed by atoms with Crippen LogP contribution in [0.1, 0.15) is 34.9 Å². The molecular formula is C20H21N3O2. The largest absolute Gasteiger partial charge is 0.381 e. The van der Waals surface area contributed by atoms with Gasteiger partial charge in [0.15, 0.2) is 0 Å². The summed E-state index contributed by atoms with van der Waals surface area (Å²) in [6.45, 7) is 1.48. The molecule has 5 heteroatoms. The third kappa shape index (κ3) is 3.42. The normalized spacial score (nSPS) is 16.6. The number of aromatic nitrogens is 2. The Morgan fingerprint density at radius 2 is 2.04 bits per heavy atom. The van der Waals surface area contributed by atoms with Crippen molar-refractivity contribution in [3.63, 3.8) is 0 Å². The average molecular weight is 335 g/mol. The van der Waals surface area contributed by atoms with E-state index in [0.717, 1.165) is 42.5 Å². The van der Waals surface area contributed by atoms with Crippen LogP contribution >= 0.6 is 0 Å². The van der Waals surface area contributed by atoms with Crippen LogP contribution in [-0.2, 0) is 4.74 Å². The third-order valence-electron chi connectivity index (χ3n) is 4.84. The molecule has 1 aliphatic heterocycles. The van der Waals surface area contributed by atoms with Crippen LogP contribution in [0.15, 0.2) is 54.9 Å². The molecule has 0 radical (unpaired) electrons. The molecule has 0 aliphatic carbocycles. The second-order valence-corrected chi connectivity index (χ2v) is 6.46. The summed E-state index contributed by atoms with van der Waals surface area (Å²) in [6, 6.07) is 13.7. The summed E-state index contributed by atoms with van der Waals surface area (Å²) in [5.41, 5.74) is 2.60. The summed E-state index contributed by atoms with van der Waals surface area (Å²) in [5, 5.41) is 4.25. The van der Waals surface area contributed by atoms with E-state index in [1.165, 1.54) is 0 Å². The lowest BCUT2D eigenvalue weighted by molar-refractivity contribution is 0.0513. The Hall–Kier alpha value is -2.66. The fourth-order valence-electron chi connectivity index (χ4n) is 3.50. The van der Waals surface area contributed by atoms with Crippen molar-refractivity contribution in [3.8, 4) is 0 Å². The number of ether oxygens (including phenoxy) is 1. The molecule has 1 unspecified atom stereocenters. The van der Waals surface area contributed by atoms with E-state index >= 15 is 0 Å². The van der Waals surface area contributed by atoms with Gasteiger partial charge in [0.25, 0.3) is 5.91 Å². The van der Waals surface area contributed by atoms with E-state index < -0.39 is 0 Å². The minimum Gasteiger partial charge on any atom is -0.381 e. The third-order valence-corrected chi connectivity index (χ3v) is 4.84. The lowest BCUT2D eigenvalue weighted by Gasteiger charge is -2.31. The lowest BCUT2D eigenvalue weighted by Crippen LogP contribution is -2.36. The maximum atomic E-state index is 12.8. The monoisotopic (exact) mass is 335 g/mol. The number of hydrogen-bond acceptors (Lipinski definition) is 3. The summed E-state index contributed by atoms with van der Waals surface area (Å²) >= 11 is 0. The fourth-order valence-corrected chi connectivity index (χ4v) is 3.50. The van der Waals surface area contributed by atoms with Crippen molar-refractivity contribution >= 4 is 16.8 Å². The molecule has 4 rings (SSSR count). The first-order valence-electron chi connectivity index (χ1n) is 8.67. The summed E-state index contributed by atoms with van der Waals surface area (Å²) in [6.07, 6.45) is 5.47. The molecule has 5 nitrogen and oxygen atoms in total. The van der Waals surface area contributed by atoms with Crippen LogP contribution in [0, 0.1) is 5.92 Å². The van der Waals surface area contributed by atoms with E-state index in [-0.39, 0.29) is 11.9 Å². The Kier molecular flexibility index (Phi) is 4.48. The minimum atomic E-state index is -0.0865. The van der Waals surface area contributed by atoms with E-state index in [1.54, 1.807) is 6.20 Å². The van der Waals surface area contributed by atoms with Crippen molar-refractivity contribution in [3.05, 3.63) is 66.1 Å². The number of benzene rings is 1. The van der Waals surface area contributed by atoms with Crippen molar-refractivity contribution in [1.29, 1.82) is 0 Å². The van der Waals surface area contributed by atoms with E-state index in [2.05, 4.69) is 15.3 Å². The highest BCUT2D eigenvalue weighted by molar-refractivity contribution is 5.98. The van der Waals surface area contributed by atoms with Gasteiger partial charge in [0, 0.05) is 36.5 Å². The number of aromatic amines is 1. The number of para-hydroxylation sites is 1. The molecule has 1 fully saturated rings. The van der Waals surface area contributed by atoms with E-state index in [0.29, 0.717) is 11.6 Å². The maximum absolute atomic E-state index is 12.8. The molecule has 1 saturated heterocycles. The highest BCUT2D eigenvalue weighted by atomic mass is 16.5. The first-order valence-corrected chi connectivity index (χ1v) is 8.67. The second kappa shape index (κ2) is 7.07. The predicted octanol–water partition coefficient (Wildman–Crippen LogP) is 3.46. The molecule has 1 aromatic carbocycles. The predicted molar refractivity (Wildman–Crippen MR) is 96.3 cm³/mol. The number of rotatable bonds is 4. The van der Waals surface area contributed by atoms with Crippen LogP contribution in [0.4, 0.5) is 0 Å². The number of carbonyl (C=O) groups is 1. The van der Waals surface area contributed by atoms with Gasteiger partial charge in [0.05, 0.1) is 6.04 Å². The minimum absolute atomic E-state index is 0.0588. The van der Waals surface area contributed by atoms with Gasteiger partial charge < -0.3 is 15.0 Å². The zero-order chi connectivity index (χ0) is 17.1. The number of nitrogens with one attached hydrogen (secondary N) is 2. The maximum Gasteiger partial charge on any atom is 0.268 e. The van der Waals surface area contributed by atoms with Gasteiger partial charge in [-0.2, -0.15) is 0 Å². The van der Waals surface area contributed by atoms with Gasteiger partial charge >= 0.3 is 0 Å². The number of fused-ring (bicyclic) bond motifs is 1. The van der Waals surface area contributed by atoms with Crippen LogP contribution in [0.25, 0.3) is 10.9 Å². The Morgan fingerprint density at radius 1 is 1.20 bits per heavy atom. The molecule has 0 bridgehead atoms. The van der Waals surface area contributed by atoms with Crippen LogP contribution in [0.2, 0.25) is 0 Å². The number of amides is 1. The molecule has 3 heterocycles. The van der Waals surface area contributed by atoms with Gasteiger partial charge in [-0.1, -0.05) is 24.3 Å². The number of carbonyl (C=O) groups excluding carboxylic acids is 1. The zero-order valence-corrected chi connectivity index (χ0v) is 13.9. The molecule has 25 heavy (non-hydrogen) atoms. The van der Waals surface area contributed by atoms with Crippen molar-refractivity contribution in [1.82, 2.24) is 15.3 Å². The van der Waals surface area contributed by atoms with Crippen molar-refractivity contribution in [2.75, 3.05) is 13.2 Å². The Balaban J connectivity index is 1.59. The molecule has 2 N–H and O–H groups in total. The van der Waals surface area contributed by atoms with E-state index in [9.17, 15) is 4.79 Å². The first-order chi connectivity index (χ1) is 12.3. The quantitative estimate of drug-likeness (QED) is 0.767. The average Bonchev–Trinajstić information content (AvgIpc) is 3.12. The smallest absolute Gasteiger partial charge is 0.268 e. The molecule has 128 valence electrons. The first kappa shape index (κ1) is 15.8. The van der Waals surface area contributed by atoms with Gasteiger partial charge in [-0.25, -0.2) is 0 Å². The highest BCUT2D eigenvalue weighted by Crippen LogP contribution is 2.30. The van der Waals surface area contributed by atoms with Crippen LogP contribution in [-0.4, -0.2) is 29.1 Å². The lowest BCUT2D eigenvalue weighted by atomic mass is 9.87. The summed E-state index contributed by atoms with van der Waals surface area (Å²) in [4.78, 5) is 20.3. The summed E-state index contributed by atoms with van der Waals surface area (Å²) in [7, 11) is 0. The standard InChI is InChI=1S/C20H21N3O2/c24-20(18-12-15-4-1-2-6-17(15)22-18)23-19(14-7-10-25-11-8-14)16-5-3-9-21-13-16/h1-6,9,12-14,19,22H,7-8,10-11H2,(H,23,24). The molecule has 3 aromatic rings. The summed E-state index contributed by atoms with van der Waals surface area (Å²) < 4.78 is 5.48.